The van der Waals surface area contributed by atoms with Crippen LogP contribution in [-0.2, 0) is 42.1 Å². The summed E-state index contributed by atoms with van der Waals surface area (Å²) in [5, 5.41) is 9.12. The van der Waals surface area contributed by atoms with Gasteiger partial charge in [0.1, 0.15) is 0 Å². The molecule has 2 atom stereocenters. The molecule has 0 saturated carbocycles. The number of hydrogen-bond acceptors (Lipinski definition) is 8. The van der Waals surface area contributed by atoms with Gasteiger partial charge in [-0.05, 0) is 48.9 Å². The average Bonchev–Trinajstić information content (AvgIpc) is 3.47. The van der Waals surface area contributed by atoms with E-state index in [1.54, 1.807) is 22.2 Å². The second kappa shape index (κ2) is 12.8. The first-order valence-corrected chi connectivity index (χ1v) is 17.3. The van der Waals surface area contributed by atoms with Crippen molar-refractivity contribution in [1.82, 2.24) is 10.0 Å². The first-order valence-electron chi connectivity index (χ1n) is 13.7. The lowest BCUT2D eigenvalue weighted by atomic mass is 10.1. The minimum atomic E-state index is -3.33. The molecule has 2 aromatic carbocycles. The van der Waals surface area contributed by atoms with E-state index >= 15 is 0 Å². The topological polar surface area (TPSA) is 133 Å². The molecule has 0 aromatic heterocycles. The first kappa shape index (κ1) is 30.2. The fourth-order valence-electron chi connectivity index (χ4n) is 5.46. The van der Waals surface area contributed by atoms with Gasteiger partial charge in [-0.25, -0.2) is 26.9 Å². The van der Waals surface area contributed by atoms with E-state index in [-0.39, 0.29) is 60.8 Å². The largest absolute Gasteiger partial charge is 0.325 e. The number of carbonyl (C=O) groups is 2. The molecule has 2 aromatic rings. The van der Waals surface area contributed by atoms with E-state index in [1.807, 2.05) is 50.2 Å². The first-order chi connectivity index (χ1) is 19.0. The van der Waals surface area contributed by atoms with Crippen molar-refractivity contribution >= 4 is 42.9 Å². The molecule has 40 heavy (non-hydrogen) atoms. The fraction of sp³-hybridized carbons (Fsp3) is 0.500. The van der Waals surface area contributed by atoms with Crippen LogP contribution in [0.1, 0.15) is 37.8 Å². The molecule has 2 unspecified atom stereocenters. The van der Waals surface area contributed by atoms with Crippen molar-refractivity contribution < 1.29 is 26.4 Å². The fourth-order valence-corrected chi connectivity index (χ4v) is 8.90. The third-order valence-corrected chi connectivity index (χ3v) is 11.0. The summed E-state index contributed by atoms with van der Waals surface area (Å²) in [6, 6.07) is 13.8. The van der Waals surface area contributed by atoms with Crippen molar-refractivity contribution in [3.63, 3.8) is 0 Å². The highest BCUT2D eigenvalue weighted by Gasteiger charge is 2.42. The number of nitrogens with zero attached hydrogens (tertiary/aromatic N) is 2. The second-order valence-electron chi connectivity index (χ2n) is 10.4. The smallest absolute Gasteiger partial charge is 0.240 e. The van der Waals surface area contributed by atoms with Gasteiger partial charge in [-0.15, -0.1) is 0 Å². The van der Waals surface area contributed by atoms with Crippen LogP contribution in [0.3, 0.4) is 0 Å². The van der Waals surface area contributed by atoms with Crippen molar-refractivity contribution in [3.05, 3.63) is 59.7 Å². The molecule has 4 rings (SSSR count). The van der Waals surface area contributed by atoms with E-state index in [4.69, 9.17) is 0 Å². The van der Waals surface area contributed by atoms with Crippen LogP contribution in [0.5, 0.6) is 0 Å². The van der Waals surface area contributed by atoms with Crippen LogP contribution >= 0.6 is 0 Å². The molecule has 2 fully saturated rings. The van der Waals surface area contributed by atoms with Gasteiger partial charge in [0.2, 0.25) is 11.8 Å². The summed E-state index contributed by atoms with van der Waals surface area (Å²) in [5.41, 5.74) is 3.24. The zero-order valence-corrected chi connectivity index (χ0v) is 24.6. The van der Waals surface area contributed by atoms with Crippen molar-refractivity contribution in [3.8, 4) is 0 Å². The molecular weight excluding hydrogens is 552 g/mol. The third kappa shape index (κ3) is 7.68. The molecule has 2 aliphatic heterocycles. The Balaban J connectivity index is 1.63. The van der Waals surface area contributed by atoms with E-state index in [2.05, 4.69) is 10.6 Å². The van der Waals surface area contributed by atoms with Gasteiger partial charge in [-0.2, -0.15) is 0 Å². The Bertz CT molecular complexity index is 1330. The van der Waals surface area contributed by atoms with Crippen LogP contribution < -0.4 is 10.6 Å². The molecule has 2 heterocycles. The number of sulfone groups is 2. The number of nitrogens with one attached hydrogen (secondary N) is 2. The summed E-state index contributed by atoms with van der Waals surface area (Å²) >= 11 is 0. The van der Waals surface area contributed by atoms with E-state index in [0.29, 0.717) is 24.2 Å². The van der Waals surface area contributed by atoms with Crippen molar-refractivity contribution in [1.29, 1.82) is 0 Å². The Morgan fingerprint density at radius 1 is 0.700 bits per heavy atom. The van der Waals surface area contributed by atoms with Crippen molar-refractivity contribution in [2.24, 2.45) is 0 Å². The molecule has 0 aliphatic carbocycles. The number of hydrazine groups is 1. The Kier molecular flexibility index (Phi) is 9.65. The predicted octanol–water partition coefficient (Wildman–Crippen LogP) is 2.28. The minimum Gasteiger partial charge on any atom is -0.325 e. The summed E-state index contributed by atoms with van der Waals surface area (Å²) in [6.45, 7) is 3.54. The van der Waals surface area contributed by atoms with Gasteiger partial charge < -0.3 is 10.6 Å². The Morgan fingerprint density at radius 3 is 1.40 bits per heavy atom. The van der Waals surface area contributed by atoms with Gasteiger partial charge in [0.05, 0.1) is 36.1 Å². The molecule has 2 aliphatic rings. The van der Waals surface area contributed by atoms with Crippen molar-refractivity contribution in [2.75, 3.05) is 46.7 Å². The lowest BCUT2D eigenvalue weighted by molar-refractivity contribution is -0.137. The number of amides is 2. The third-order valence-electron chi connectivity index (χ3n) is 7.55. The lowest BCUT2D eigenvalue weighted by Gasteiger charge is -2.41. The van der Waals surface area contributed by atoms with Crippen LogP contribution in [0, 0.1) is 0 Å². The highest BCUT2D eigenvalue weighted by atomic mass is 32.2. The minimum absolute atomic E-state index is 0.0265. The van der Waals surface area contributed by atoms with Gasteiger partial charge in [0.25, 0.3) is 0 Å². The van der Waals surface area contributed by atoms with Gasteiger partial charge in [0, 0.05) is 23.5 Å². The van der Waals surface area contributed by atoms with E-state index < -0.39 is 31.8 Å². The van der Waals surface area contributed by atoms with Gasteiger partial charge >= 0.3 is 0 Å². The maximum absolute atomic E-state index is 13.4. The van der Waals surface area contributed by atoms with Crippen LogP contribution in [0.15, 0.2) is 48.5 Å². The molecule has 0 spiro atoms. The Morgan fingerprint density at radius 2 is 1.07 bits per heavy atom. The molecule has 218 valence electrons. The number of hydrogen-bond donors (Lipinski definition) is 2. The molecule has 0 bridgehead atoms. The van der Waals surface area contributed by atoms with E-state index in [1.165, 1.54) is 0 Å². The van der Waals surface area contributed by atoms with E-state index in [0.717, 1.165) is 11.1 Å². The molecule has 0 radical (unpaired) electrons. The van der Waals surface area contributed by atoms with Crippen LogP contribution in [0.25, 0.3) is 0 Å². The number of aryl methyl sites for hydroxylation is 2. The van der Waals surface area contributed by atoms with Crippen molar-refractivity contribution in [2.45, 2.75) is 51.6 Å². The van der Waals surface area contributed by atoms with E-state index in [9.17, 15) is 26.4 Å². The zero-order valence-electron chi connectivity index (χ0n) is 23.0. The van der Waals surface area contributed by atoms with Gasteiger partial charge in [-0.3, -0.25) is 9.59 Å². The van der Waals surface area contributed by atoms with Gasteiger partial charge in [0.15, 0.2) is 19.7 Å². The summed E-state index contributed by atoms with van der Waals surface area (Å²) in [6.07, 6.45) is 2.01. The molecule has 2 N–H and O–H groups in total. The number of rotatable bonds is 11. The second-order valence-corrected chi connectivity index (χ2v) is 14.9. The molecular formula is C28H38N4O6S2. The summed E-state index contributed by atoms with van der Waals surface area (Å²) in [4.78, 5) is 26.7. The molecule has 12 heteroatoms. The Hall–Kier alpha value is -2.80. The standard InChI is InChI=1S/C28H38N4O6S2/c1-3-21-9-5-7-11-25(21)29-27(33)17-31(23-13-15-39(35,36)19-23)32(24-14-16-40(37,38)20-24)18-28(34)30-26-12-8-6-10-22(26)4-2/h5-12,23-24H,3-4,13-20H2,1-2H3,(H,29,33)(H,30,34). The molecule has 2 amide bonds. The van der Waals surface area contributed by atoms with Gasteiger partial charge in [-0.1, -0.05) is 50.2 Å². The lowest BCUT2D eigenvalue weighted by Crippen LogP contribution is -2.58. The number of anilines is 2. The molecule has 2 saturated heterocycles. The molecule has 10 nitrogen and oxygen atoms in total. The monoisotopic (exact) mass is 590 g/mol. The van der Waals surface area contributed by atoms with Crippen LogP contribution in [0.2, 0.25) is 0 Å². The van der Waals surface area contributed by atoms with Crippen LogP contribution in [-0.4, -0.2) is 86.9 Å². The maximum atomic E-state index is 13.4. The SMILES string of the molecule is CCc1ccccc1NC(=O)CN(C1CCS(=O)(=O)C1)N(CC(=O)Nc1ccccc1CC)C1CCS(=O)(=O)C1. The summed E-state index contributed by atoms with van der Waals surface area (Å²) in [5.74, 6) is -1.12. The number of para-hydroxylation sites is 2. The van der Waals surface area contributed by atoms with Crippen LogP contribution in [0.4, 0.5) is 11.4 Å². The predicted molar refractivity (Wildman–Crippen MR) is 156 cm³/mol. The quantitative estimate of drug-likeness (QED) is 0.381. The average molecular weight is 591 g/mol. The zero-order chi connectivity index (χ0) is 28.9. The highest BCUT2D eigenvalue weighted by molar-refractivity contribution is 7.91. The summed E-state index contributed by atoms with van der Waals surface area (Å²) < 4.78 is 49.9. The highest BCUT2D eigenvalue weighted by Crippen LogP contribution is 2.26. The maximum Gasteiger partial charge on any atom is 0.240 e. The normalized spacial score (nSPS) is 21.5. The Labute approximate surface area is 236 Å². The number of carbonyl (C=O) groups excluding carboxylic acids is 2. The number of benzene rings is 2. The summed E-state index contributed by atoms with van der Waals surface area (Å²) in [7, 11) is -6.66.